The first-order valence-corrected chi connectivity index (χ1v) is 9.42. The van der Waals surface area contributed by atoms with Crippen molar-refractivity contribution in [2.45, 2.75) is 66.2 Å². The molecule has 0 fully saturated rings. The van der Waals surface area contributed by atoms with E-state index in [2.05, 4.69) is 6.58 Å². The molecule has 0 radical (unpaired) electrons. The summed E-state index contributed by atoms with van der Waals surface area (Å²) in [6, 6.07) is 0. The SMILES string of the molecule is C=C(C)C(=O)O.CCCCOC(=O)C(CCCC)=C(C=C(C)C(=O)O)CCO. The zero-order valence-electron chi connectivity index (χ0n) is 17.4. The van der Waals surface area contributed by atoms with E-state index in [0.29, 0.717) is 24.2 Å². The van der Waals surface area contributed by atoms with Gasteiger partial charge in [-0.1, -0.05) is 33.3 Å². The van der Waals surface area contributed by atoms with Gasteiger partial charge in [0.15, 0.2) is 0 Å². The lowest BCUT2D eigenvalue weighted by atomic mass is 9.98. The van der Waals surface area contributed by atoms with Gasteiger partial charge >= 0.3 is 17.9 Å². The average molecular weight is 398 g/mol. The highest BCUT2D eigenvalue weighted by molar-refractivity contribution is 5.91. The summed E-state index contributed by atoms with van der Waals surface area (Å²) in [5.74, 6) is -2.38. The molecule has 0 spiro atoms. The molecular weight excluding hydrogens is 364 g/mol. The standard InChI is InChI=1S/C17H28O5.C4H6O2/c1-4-6-8-15(17(21)22-11-7-5-2)14(9-10-18)12-13(3)16(19)20;1-3(2)4(5)6/h12,18H,4-11H2,1-3H3,(H,19,20);1H2,2H3,(H,5,6). The van der Waals surface area contributed by atoms with Crippen molar-refractivity contribution >= 4 is 17.9 Å². The fourth-order valence-electron chi connectivity index (χ4n) is 1.90. The summed E-state index contributed by atoms with van der Waals surface area (Å²) in [5, 5.41) is 26.1. The summed E-state index contributed by atoms with van der Waals surface area (Å²) < 4.78 is 5.26. The molecule has 3 N–H and O–H groups in total. The van der Waals surface area contributed by atoms with Crippen molar-refractivity contribution in [3.63, 3.8) is 0 Å². The molecule has 0 bridgehead atoms. The number of carboxylic acids is 2. The van der Waals surface area contributed by atoms with Gasteiger partial charge in [0.1, 0.15) is 0 Å². The minimum Gasteiger partial charge on any atom is -0.478 e. The molecule has 0 rings (SSSR count). The lowest BCUT2D eigenvalue weighted by Gasteiger charge is -2.12. The van der Waals surface area contributed by atoms with Crippen LogP contribution >= 0.6 is 0 Å². The van der Waals surface area contributed by atoms with Crippen molar-refractivity contribution in [1.82, 2.24) is 0 Å². The van der Waals surface area contributed by atoms with E-state index in [4.69, 9.17) is 14.9 Å². The smallest absolute Gasteiger partial charge is 0.334 e. The van der Waals surface area contributed by atoms with E-state index in [1.165, 1.54) is 19.9 Å². The van der Waals surface area contributed by atoms with E-state index in [9.17, 15) is 19.5 Å². The minimum absolute atomic E-state index is 0.138. The molecule has 7 heteroatoms. The van der Waals surface area contributed by atoms with Gasteiger partial charge < -0.3 is 20.1 Å². The topological polar surface area (TPSA) is 121 Å². The molecule has 0 unspecified atom stereocenters. The second-order valence-corrected chi connectivity index (χ2v) is 6.29. The number of carbonyl (C=O) groups excluding carboxylic acids is 1. The van der Waals surface area contributed by atoms with Crippen molar-refractivity contribution in [1.29, 1.82) is 0 Å². The van der Waals surface area contributed by atoms with Crippen LogP contribution in [-0.2, 0) is 19.1 Å². The normalized spacial score (nSPS) is 11.7. The number of aliphatic hydroxyl groups excluding tert-OH is 1. The summed E-state index contributed by atoms with van der Waals surface area (Å²) in [5.41, 5.74) is 1.35. The third-order valence-electron chi connectivity index (χ3n) is 3.62. The second kappa shape index (κ2) is 16.7. The lowest BCUT2D eigenvalue weighted by molar-refractivity contribution is -0.139. The molecule has 0 saturated heterocycles. The third-order valence-corrected chi connectivity index (χ3v) is 3.62. The van der Waals surface area contributed by atoms with Crippen molar-refractivity contribution < 1.29 is 34.4 Å². The minimum atomic E-state index is -1.04. The van der Waals surface area contributed by atoms with Crippen LogP contribution in [0.3, 0.4) is 0 Å². The van der Waals surface area contributed by atoms with Crippen molar-refractivity contribution in [3.05, 3.63) is 34.9 Å². The Kier molecular flexibility index (Phi) is 16.6. The van der Waals surface area contributed by atoms with E-state index in [1.54, 1.807) is 0 Å². The fraction of sp³-hybridized carbons (Fsp3) is 0.571. The predicted octanol–water partition coefficient (Wildman–Crippen LogP) is 3.88. The van der Waals surface area contributed by atoms with E-state index < -0.39 is 17.9 Å². The number of hydrogen-bond donors (Lipinski definition) is 3. The fourth-order valence-corrected chi connectivity index (χ4v) is 1.90. The Bertz CT molecular complexity index is 574. The Balaban J connectivity index is 0. The molecule has 0 saturated carbocycles. The van der Waals surface area contributed by atoms with E-state index in [-0.39, 0.29) is 24.2 Å². The van der Waals surface area contributed by atoms with Gasteiger partial charge in [-0.3, -0.25) is 0 Å². The van der Waals surface area contributed by atoms with Crippen LogP contribution in [0.2, 0.25) is 0 Å². The van der Waals surface area contributed by atoms with Crippen molar-refractivity contribution in [2.24, 2.45) is 0 Å². The number of rotatable bonds is 12. The van der Waals surface area contributed by atoms with E-state index >= 15 is 0 Å². The third kappa shape index (κ3) is 13.7. The van der Waals surface area contributed by atoms with Crippen LogP contribution in [0.4, 0.5) is 0 Å². The number of ether oxygens (including phenoxy) is 1. The summed E-state index contributed by atoms with van der Waals surface area (Å²) in [6.07, 6.45) is 5.69. The average Bonchev–Trinajstić information content (AvgIpc) is 2.62. The molecule has 0 aromatic heterocycles. The number of aliphatic hydroxyl groups is 1. The van der Waals surface area contributed by atoms with Gasteiger partial charge in [0, 0.05) is 23.3 Å². The van der Waals surface area contributed by atoms with Gasteiger partial charge in [0.2, 0.25) is 0 Å². The Morgan fingerprint density at radius 1 is 0.964 bits per heavy atom. The highest BCUT2D eigenvalue weighted by atomic mass is 16.5. The van der Waals surface area contributed by atoms with Crippen LogP contribution < -0.4 is 0 Å². The summed E-state index contributed by atoms with van der Waals surface area (Å²) in [7, 11) is 0. The molecule has 0 aromatic carbocycles. The molecule has 7 nitrogen and oxygen atoms in total. The number of hydrogen-bond acceptors (Lipinski definition) is 5. The van der Waals surface area contributed by atoms with Gasteiger partial charge in [0.05, 0.1) is 6.61 Å². The van der Waals surface area contributed by atoms with Gasteiger partial charge in [-0.2, -0.15) is 0 Å². The van der Waals surface area contributed by atoms with Crippen molar-refractivity contribution in [3.8, 4) is 0 Å². The molecule has 0 aliphatic carbocycles. The number of aliphatic carboxylic acids is 2. The van der Waals surface area contributed by atoms with E-state index in [0.717, 1.165) is 25.7 Å². The monoisotopic (exact) mass is 398 g/mol. The Morgan fingerprint density at radius 2 is 1.50 bits per heavy atom. The van der Waals surface area contributed by atoms with Gasteiger partial charge in [-0.05, 0) is 51.2 Å². The summed E-state index contributed by atoms with van der Waals surface area (Å²) in [4.78, 5) is 32.8. The van der Waals surface area contributed by atoms with Crippen LogP contribution in [-0.4, -0.2) is 46.4 Å². The molecule has 0 amide bonds. The highest BCUT2D eigenvalue weighted by Crippen LogP contribution is 2.20. The maximum absolute atomic E-state index is 12.3. The molecule has 160 valence electrons. The van der Waals surface area contributed by atoms with Crippen molar-refractivity contribution in [2.75, 3.05) is 13.2 Å². The van der Waals surface area contributed by atoms with Crippen LogP contribution in [0.25, 0.3) is 0 Å². The van der Waals surface area contributed by atoms with Gasteiger partial charge in [-0.15, -0.1) is 0 Å². The van der Waals surface area contributed by atoms with Crippen LogP contribution in [0.1, 0.15) is 66.2 Å². The quantitative estimate of drug-likeness (QED) is 0.197. The van der Waals surface area contributed by atoms with Crippen LogP contribution in [0, 0.1) is 0 Å². The highest BCUT2D eigenvalue weighted by Gasteiger charge is 2.16. The zero-order valence-corrected chi connectivity index (χ0v) is 17.4. The number of carboxylic acid groups (broad SMARTS) is 2. The van der Waals surface area contributed by atoms with Crippen LogP contribution in [0.5, 0.6) is 0 Å². The molecule has 0 aliphatic rings. The maximum atomic E-state index is 12.3. The number of esters is 1. The Labute approximate surface area is 167 Å². The molecule has 28 heavy (non-hydrogen) atoms. The summed E-state index contributed by atoms with van der Waals surface area (Å²) in [6.45, 7) is 10.3. The Morgan fingerprint density at radius 3 is 1.89 bits per heavy atom. The molecular formula is C21H34O7. The molecule has 0 aliphatic heterocycles. The predicted molar refractivity (Wildman–Crippen MR) is 108 cm³/mol. The van der Waals surface area contributed by atoms with E-state index in [1.807, 2.05) is 13.8 Å². The van der Waals surface area contributed by atoms with Gasteiger partial charge in [-0.25, -0.2) is 14.4 Å². The molecule has 0 atom stereocenters. The largest absolute Gasteiger partial charge is 0.478 e. The zero-order chi connectivity index (χ0) is 22.1. The van der Waals surface area contributed by atoms with Gasteiger partial charge in [0.25, 0.3) is 0 Å². The van der Waals surface area contributed by atoms with Crippen LogP contribution in [0.15, 0.2) is 34.9 Å². The first-order valence-electron chi connectivity index (χ1n) is 9.42. The first kappa shape index (κ1) is 27.8. The Hall–Kier alpha value is -2.41. The first-order chi connectivity index (χ1) is 13.1. The lowest BCUT2D eigenvalue weighted by Crippen LogP contribution is -2.12. The second-order valence-electron chi connectivity index (χ2n) is 6.29. The molecule has 0 heterocycles. The number of carbonyl (C=O) groups is 3. The number of unbranched alkanes of at least 4 members (excludes halogenated alkanes) is 2. The molecule has 0 aromatic rings. The summed E-state index contributed by atoms with van der Waals surface area (Å²) >= 11 is 0. The number of allylic oxidation sites excluding steroid dienone is 1. The maximum Gasteiger partial charge on any atom is 0.334 e.